The molecule has 1 rings (SSSR count). The Bertz CT molecular complexity index is 254. The number of hydrogen-bond donors (Lipinski definition) is 1. The van der Waals surface area contributed by atoms with Crippen LogP contribution in [0.4, 0.5) is 0 Å². The summed E-state index contributed by atoms with van der Waals surface area (Å²) in [6, 6.07) is 4.91. The van der Waals surface area contributed by atoms with Gasteiger partial charge in [-0.15, -0.1) is 17.9 Å². The Kier molecular flexibility index (Phi) is 6.37. The SMILES string of the molecule is C=CCCCC(NCCC)c1cccs1. The van der Waals surface area contributed by atoms with Gasteiger partial charge in [-0.1, -0.05) is 19.1 Å². The highest BCUT2D eigenvalue weighted by atomic mass is 32.1. The van der Waals surface area contributed by atoms with Gasteiger partial charge >= 0.3 is 0 Å². The van der Waals surface area contributed by atoms with E-state index in [-0.39, 0.29) is 0 Å². The van der Waals surface area contributed by atoms with Crippen molar-refractivity contribution in [3.63, 3.8) is 0 Å². The maximum Gasteiger partial charge on any atom is 0.0414 e. The lowest BCUT2D eigenvalue weighted by molar-refractivity contribution is 0.492. The molecule has 0 spiro atoms. The fourth-order valence-electron chi connectivity index (χ4n) is 1.62. The van der Waals surface area contributed by atoms with Crippen LogP contribution in [-0.2, 0) is 0 Å². The fourth-order valence-corrected chi connectivity index (χ4v) is 2.46. The molecule has 1 heterocycles. The number of rotatable bonds is 8. The number of allylic oxidation sites excluding steroid dienone is 1. The summed E-state index contributed by atoms with van der Waals surface area (Å²) in [4.78, 5) is 1.47. The first-order valence-electron chi connectivity index (χ1n) is 5.76. The Morgan fingerprint density at radius 3 is 3.07 bits per heavy atom. The zero-order chi connectivity index (χ0) is 10.9. The lowest BCUT2D eigenvalue weighted by Gasteiger charge is -2.16. The van der Waals surface area contributed by atoms with E-state index in [1.807, 2.05) is 17.4 Å². The molecular formula is C13H21NS. The molecule has 1 N–H and O–H groups in total. The molecule has 0 aliphatic carbocycles. The van der Waals surface area contributed by atoms with Gasteiger partial charge in [0, 0.05) is 10.9 Å². The van der Waals surface area contributed by atoms with E-state index in [1.165, 1.54) is 24.1 Å². The van der Waals surface area contributed by atoms with Gasteiger partial charge < -0.3 is 5.32 Å². The third-order valence-corrected chi connectivity index (χ3v) is 3.41. The number of nitrogens with one attached hydrogen (secondary N) is 1. The Balaban J connectivity index is 2.42. The summed E-state index contributed by atoms with van der Waals surface area (Å²) >= 11 is 1.85. The number of unbranched alkanes of at least 4 members (excludes halogenated alkanes) is 1. The van der Waals surface area contributed by atoms with E-state index in [4.69, 9.17) is 0 Å². The highest BCUT2D eigenvalue weighted by molar-refractivity contribution is 7.10. The van der Waals surface area contributed by atoms with Crippen LogP contribution in [0.25, 0.3) is 0 Å². The normalized spacial score (nSPS) is 12.6. The quantitative estimate of drug-likeness (QED) is 0.516. The molecular weight excluding hydrogens is 202 g/mol. The zero-order valence-electron chi connectivity index (χ0n) is 9.54. The summed E-state index contributed by atoms with van der Waals surface area (Å²) < 4.78 is 0. The predicted octanol–water partition coefficient (Wildman–Crippen LogP) is 4.15. The van der Waals surface area contributed by atoms with Gasteiger partial charge in [0.2, 0.25) is 0 Å². The Hall–Kier alpha value is -0.600. The monoisotopic (exact) mass is 223 g/mol. The van der Waals surface area contributed by atoms with Crippen molar-refractivity contribution in [3.05, 3.63) is 35.0 Å². The van der Waals surface area contributed by atoms with Crippen molar-refractivity contribution < 1.29 is 0 Å². The summed E-state index contributed by atoms with van der Waals surface area (Å²) in [5.74, 6) is 0. The molecule has 0 amide bonds. The summed E-state index contributed by atoms with van der Waals surface area (Å²) in [6.45, 7) is 7.08. The van der Waals surface area contributed by atoms with Crippen LogP contribution in [0.15, 0.2) is 30.2 Å². The second-order valence-electron chi connectivity index (χ2n) is 3.74. The van der Waals surface area contributed by atoms with Crippen molar-refractivity contribution in [2.75, 3.05) is 6.54 Å². The first kappa shape index (κ1) is 12.5. The average Bonchev–Trinajstić information content (AvgIpc) is 2.76. The maximum atomic E-state index is 3.76. The predicted molar refractivity (Wildman–Crippen MR) is 69.4 cm³/mol. The molecule has 0 fully saturated rings. The smallest absolute Gasteiger partial charge is 0.0414 e. The van der Waals surface area contributed by atoms with Gasteiger partial charge in [-0.2, -0.15) is 0 Å². The Morgan fingerprint density at radius 1 is 1.60 bits per heavy atom. The third kappa shape index (κ3) is 4.63. The molecule has 0 saturated heterocycles. The summed E-state index contributed by atoms with van der Waals surface area (Å²) in [5, 5.41) is 5.76. The minimum absolute atomic E-state index is 0.546. The maximum absolute atomic E-state index is 3.76. The number of hydrogen-bond acceptors (Lipinski definition) is 2. The van der Waals surface area contributed by atoms with Gasteiger partial charge in [-0.05, 0) is 43.7 Å². The van der Waals surface area contributed by atoms with Gasteiger partial charge in [-0.25, -0.2) is 0 Å². The molecule has 15 heavy (non-hydrogen) atoms. The molecule has 2 heteroatoms. The molecule has 0 aromatic carbocycles. The van der Waals surface area contributed by atoms with Gasteiger partial charge in [0.15, 0.2) is 0 Å². The molecule has 0 aliphatic heterocycles. The average molecular weight is 223 g/mol. The van der Waals surface area contributed by atoms with Gasteiger partial charge in [0.1, 0.15) is 0 Å². The van der Waals surface area contributed by atoms with E-state index in [0.29, 0.717) is 6.04 Å². The van der Waals surface area contributed by atoms with Crippen LogP contribution < -0.4 is 5.32 Å². The second kappa shape index (κ2) is 7.66. The lowest BCUT2D eigenvalue weighted by Crippen LogP contribution is -2.21. The Morgan fingerprint density at radius 2 is 2.47 bits per heavy atom. The molecule has 84 valence electrons. The first-order chi connectivity index (χ1) is 7.38. The molecule has 1 nitrogen and oxygen atoms in total. The molecule has 1 aromatic rings. The number of thiophene rings is 1. The van der Waals surface area contributed by atoms with Crippen molar-refractivity contribution in [1.29, 1.82) is 0 Å². The molecule has 0 saturated carbocycles. The molecule has 0 bridgehead atoms. The first-order valence-corrected chi connectivity index (χ1v) is 6.64. The van der Waals surface area contributed by atoms with Gasteiger partial charge in [-0.3, -0.25) is 0 Å². The minimum Gasteiger partial charge on any atom is -0.309 e. The minimum atomic E-state index is 0.546. The van der Waals surface area contributed by atoms with E-state index in [2.05, 4.69) is 36.3 Å². The standard InChI is InChI=1S/C13H21NS/c1-3-5-6-8-12(14-10-4-2)13-9-7-11-15-13/h3,7,9,11-12,14H,1,4-6,8,10H2,2H3. The third-order valence-electron chi connectivity index (χ3n) is 2.43. The fraction of sp³-hybridized carbons (Fsp3) is 0.538. The molecule has 1 unspecified atom stereocenters. The van der Waals surface area contributed by atoms with Crippen LogP contribution in [-0.4, -0.2) is 6.54 Å². The van der Waals surface area contributed by atoms with Crippen LogP contribution >= 0.6 is 11.3 Å². The van der Waals surface area contributed by atoms with Crippen LogP contribution in [0.3, 0.4) is 0 Å². The van der Waals surface area contributed by atoms with Crippen molar-refractivity contribution in [3.8, 4) is 0 Å². The Labute approximate surface area is 97.2 Å². The van der Waals surface area contributed by atoms with Crippen molar-refractivity contribution in [2.24, 2.45) is 0 Å². The summed E-state index contributed by atoms with van der Waals surface area (Å²) in [6.07, 6.45) is 6.76. The van der Waals surface area contributed by atoms with Crippen LogP contribution in [0.5, 0.6) is 0 Å². The van der Waals surface area contributed by atoms with Crippen LogP contribution in [0.2, 0.25) is 0 Å². The highest BCUT2D eigenvalue weighted by Crippen LogP contribution is 2.23. The van der Waals surface area contributed by atoms with Gasteiger partial charge in [0.25, 0.3) is 0 Å². The lowest BCUT2D eigenvalue weighted by atomic mass is 10.1. The largest absolute Gasteiger partial charge is 0.309 e. The molecule has 0 radical (unpaired) electrons. The van der Waals surface area contributed by atoms with Crippen LogP contribution in [0, 0.1) is 0 Å². The van der Waals surface area contributed by atoms with Crippen molar-refractivity contribution in [1.82, 2.24) is 5.32 Å². The topological polar surface area (TPSA) is 12.0 Å². The van der Waals surface area contributed by atoms with Crippen molar-refractivity contribution in [2.45, 2.75) is 38.6 Å². The molecule has 0 aliphatic rings. The van der Waals surface area contributed by atoms with E-state index >= 15 is 0 Å². The van der Waals surface area contributed by atoms with E-state index in [1.54, 1.807) is 0 Å². The second-order valence-corrected chi connectivity index (χ2v) is 4.72. The zero-order valence-corrected chi connectivity index (χ0v) is 10.4. The summed E-state index contributed by atoms with van der Waals surface area (Å²) in [7, 11) is 0. The van der Waals surface area contributed by atoms with E-state index < -0.39 is 0 Å². The van der Waals surface area contributed by atoms with E-state index in [9.17, 15) is 0 Å². The van der Waals surface area contributed by atoms with E-state index in [0.717, 1.165) is 13.0 Å². The molecule has 1 aromatic heterocycles. The van der Waals surface area contributed by atoms with Gasteiger partial charge in [0.05, 0.1) is 0 Å². The molecule has 1 atom stereocenters. The van der Waals surface area contributed by atoms with Crippen LogP contribution in [0.1, 0.15) is 43.5 Å². The highest BCUT2D eigenvalue weighted by Gasteiger charge is 2.10. The van der Waals surface area contributed by atoms with Crippen molar-refractivity contribution >= 4 is 11.3 Å². The summed E-state index contributed by atoms with van der Waals surface area (Å²) in [5.41, 5.74) is 0.